The highest BCUT2D eigenvalue weighted by Crippen LogP contribution is 2.36. The number of rotatable bonds is 6. The maximum absolute atomic E-state index is 9.19. The van der Waals surface area contributed by atoms with Gasteiger partial charge in [0.05, 0.1) is 34.2 Å². The van der Waals surface area contributed by atoms with Gasteiger partial charge in [0, 0.05) is 50.1 Å². The highest BCUT2D eigenvalue weighted by Gasteiger charge is 2.27. The molecule has 4 aromatic heterocycles. The van der Waals surface area contributed by atoms with Crippen LogP contribution in [-0.2, 0) is 0 Å². The first-order valence-corrected chi connectivity index (χ1v) is 14.1. The summed E-state index contributed by atoms with van der Waals surface area (Å²) < 4.78 is 1.81. The first kappa shape index (κ1) is 24.7. The topological polar surface area (TPSA) is 110 Å². The third kappa shape index (κ3) is 4.95. The first-order chi connectivity index (χ1) is 18.6. The fourth-order valence-corrected chi connectivity index (χ4v) is 6.27. The summed E-state index contributed by atoms with van der Waals surface area (Å²) in [6.45, 7) is 10.6. The maximum atomic E-state index is 9.19. The van der Waals surface area contributed by atoms with Crippen molar-refractivity contribution < 1.29 is 0 Å². The SMILES string of the molecule is CC(C)Nc1cc(-c2ccc3cc(C#N)cnn23)ncc1-c1nnc(N2CCN(C3CCNCC3)CC2)s1. The van der Waals surface area contributed by atoms with Gasteiger partial charge in [-0.1, -0.05) is 11.3 Å². The number of nitriles is 1. The molecule has 0 aliphatic carbocycles. The van der Waals surface area contributed by atoms with E-state index >= 15 is 0 Å². The third-order valence-electron chi connectivity index (χ3n) is 7.29. The molecule has 0 radical (unpaired) electrons. The summed E-state index contributed by atoms with van der Waals surface area (Å²) in [6.07, 6.45) is 5.94. The molecule has 196 valence electrons. The molecular formula is C27H32N10S. The Kier molecular flexibility index (Phi) is 6.93. The number of nitrogens with zero attached hydrogens (tertiary/aromatic N) is 8. The van der Waals surface area contributed by atoms with Crippen LogP contribution in [0.4, 0.5) is 10.8 Å². The number of nitrogens with one attached hydrogen (secondary N) is 2. The minimum atomic E-state index is 0.236. The number of piperidine rings is 1. The summed E-state index contributed by atoms with van der Waals surface area (Å²) in [5.74, 6) is 0. The van der Waals surface area contributed by atoms with Crippen LogP contribution in [0.15, 0.2) is 36.7 Å². The van der Waals surface area contributed by atoms with Crippen molar-refractivity contribution in [2.24, 2.45) is 0 Å². The van der Waals surface area contributed by atoms with Gasteiger partial charge in [-0.15, -0.1) is 10.2 Å². The van der Waals surface area contributed by atoms with Crippen LogP contribution in [0.2, 0.25) is 0 Å². The van der Waals surface area contributed by atoms with Crippen LogP contribution in [0.3, 0.4) is 0 Å². The van der Waals surface area contributed by atoms with Gasteiger partial charge in [-0.05, 0) is 64.0 Å². The minimum absolute atomic E-state index is 0.236. The van der Waals surface area contributed by atoms with Crippen molar-refractivity contribution in [3.8, 4) is 28.0 Å². The Morgan fingerprint density at radius 2 is 1.89 bits per heavy atom. The van der Waals surface area contributed by atoms with Crippen molar-refractivity contribution in [3.63, 3.8) is 0 Å². The molecule has 0 unspecified atom stereocenters. The molecule has 38 heavy (non-hydrogen) atoms. The fraction of sp³-hybridized carbons (Fsp3) is 0.444. The highest BCUT2D eigenvalue weighted by atomic mass is 32.1. The van der Waals surface area contributed by atoms with Crippen molar-refractivity contribution in [2.45, 2.75) is 38.8 Å². The monoisotopic (exact) mass is 528 g/mol. The molecule has 0 amide bonds. The Bertz CT molecular complexity index is 1450. The molecule has 0 bridgehead atoms. The van der Waals surface area contributed by atoms with E-state index in [0.29, 0.717) is 11.6 Å². The summed E-state index contributed by atoms with van der Waals surface area (Å²) >= 11 is 1.63. The van der Waals surface area contributed by atoms with Crippen molar-refractivity contribution in [2.75, 3.05) is 49.5 Å². The van der Waals surface area contributed by atoms with E-state index in [9.17, 15) is 5.26 Å². The van der Waals surface area contributed by atoms with E-state index in [2.05, 4.69) is 61.7 Å². The molecule has 0 saturated carbocycles. The van der Waals surface area contributed by atoms with Crippen molar-refractivity contribution in [1.82, 2.24) is 35.0 Å². The van der Waals surface area contributed by atoms with E-state index < -0.39 is 0 Å². The van der Waals surface area contributed by atoms with E-state index in [0.717, 1.165) is 77.6 Å². The van der Waals surface area contributed by atoms with E-state index in [1.54, 1.807) is 17.5 Å². The third-order valence-corrected chi connectivity index (χ3v) is 8.31. The maximum Gasteiger partial charge on any atom is 0.208 e. The average Bonchev–Trinajstić information content (AvgIpc) is 3.61. The molecule has 0 atom stereocenters. The van der Waals surface area contributed by atoms with Crippen LogP contribution < -0.4 is 15.5 Å². The number of pyridine rings is 1. The van der Waals surface area contributed by atoms with E-state index in [-0.39, 0.29) is 6.04 Å². The molecule has 2 aliphatic rings. The zero-order chi connectivity index (χ0) is 26.1. The molecular weight excluding hydrogens is 496 g/mol. The summed E-state index contributed by atoms with van der Waals surface area (Å²) in [6, 6.07) is 10.9. The van der Waals surface area contributed by atoms with Gasteiger partial charge in [0.25, 0.3) is 0 Å². The molecule has 4 aromatic rings. The lowest BCUT2D eigenvalue weighted by Gasteiger charge is -2.40. The number of aromatic nitrogens is 5. The van der Waals surface area contributed by atoms with Gasteiger partial charge in [-0.25, -0.2) is 4.52 Å². The Labute approximate surface area is 226 Å². The van der Waals surface area contributed by atoms with Gasteiger partial charge in [0.1, 0.15) is 6.07 Å². The van der Waals surface area contributed by atoms with Crippen LogP contribution in [-0.4, -0.2) is 81.0 Å². The fourth-order valence-electron chi connectivity index (χ4n) is 5.35. The van der Waals surface area contributed by atoms with Crippen LogP contribution in [0.1, 0.15) is 32.3 Å². The van der Waals surface area contributed by atoms with Gasteiger partial charge < -0.3 is 15.5 Å². The first-order valence-electron chi connectivity index (χ1n) is 13.3. The molecule has 10 nitrogen and oxygen atoms in total. The standard InChI is InChI=1S/C27H32N10S/c1-18(2)32-23-14-24(25-4-3-21-13-19(15-28)16-31-37(21)25)30-17-22(23)26-33-34-27(38-26)36-11-9-35(10-12-36)20-5-7-29-8-6-20/h3-4,13-14,16-18,20,29H,5-12H2,1-2H3,(H,30,32). The Balaban J connectivity index is 1.24. The molecule has 2 fully saturated rings. The molecule has 6 rings (SSSR count). The van der Waals surface area contributed by atoms with Crippen LogP contribution >= 0.6 is 11.3 Å². The number of anilines is 2. The van der Waals surface area contributed by atoms with E-state index in [1.165, 1.54) is 12.8 Å². The molecule has 6 heterocycles. The molecule has 0 aromatic carbocycles. The van der Waals surface area contributed by atoms with Gasteiger partial charge in [0.2, 0.25) is 5.13 Å². The second kappa shape index (κ2) is 10.6. The van der Waals surface area contributed by atoms with Crippen LogP contribution in [0.5, 0.6) is 0 Å². The van der Waals surface area contributed by atoms with E-state index in [4.69, 9.17) is 4.98 Å². The lowest BCUT2D eigenvalue weighted by Crippen LogP contribution is -2.52. The molecule has 2 aliphatic heterocycles. The van der Waals surface area contributed by atoms with Crippen LogP contribution in [0.25, 0.3) is 27.5 Å². The van der Waals surface area contributed by atoms with Gasteiger partial charge in [-0.3, -0.25) is 9.88 Å². The predicted octanol–water partition coefficient (Wildman–Crippen LogP) is 3.48. The average molecular weight is 529 g/mol. The van der Waals surface area contributed by atoms with Gasteiger partial charge >= 0.3 is 0 Å². The Morgan fingerprint density at radius 1 is 1.08 bits per heavy atom. The minimum Gasteiger partial charge on any atom is -0.382 e. The summed E-state index contributed by atoms with van der Waals surface area (Å²) in [7, 11) is 0. The quantitative estimate of drug-likeness (QED) is 0.389. The molecule has 11 heteroatoms. The molecule has 2 saturated heterocycles. The molecule has 0 spiro atoms. The lowest BCUT2D eigenvalue weighted by atomic mass is 10.0. The zero-order valence-electron chi connectivity index (χ0n) is 21.8. The smallest absolute Gasteiger partial charge is 0.208 e. The second-order valence-corrected chi connectivity index (χ2v) is 11.2. The number of hydrogen-bond acceptors (Lipinski definition) is 10. The summed E-state index contributed by atoms with van der Waals surface area (Å²) in [5, 5.41) is 31.7. The highest BCUT2D eigenvalue weighted by molar-refractivity contribution is 7.18. The Hall–Kier alpha value is -3.59. The van der Waals surface area contributed by atoms with Crippen LogP contribution in [0, 0.1) is 11.3 Å². The predicted molar refractivity (Wildman–Crippen MR) is 150 cm³/mol. The van der Waals surface area contributed by atoms with E-state index in [1.807, 2.05) is 28.9 Å². The molecule has 2 N–H and O–H groups in total. The normalized spacial score (nSPS) is 17.3. The number of piperazine rings is 1. The summed E-state index contributed by atoms with van der Waals surface area (Å²) in [5.41, 5.74) is 4.97. The van der Waals surface area contributed by atoms with Crippen molar-refractivity contribution in [3.05, 3.63) is 42.2 Å². The van der Waals surface area contributed by atoms with Gasteiger partial charge in [-0.2, -0.15) is 10.4 Å². The van der Waals surface area contributed by atoms with Gasteiger partial charge in [0.15, 0.2) is 5.01 Å². The Morgan fingerprint density at radius 3 is 2.66 bits per heavy atom. The van der Waals surface area contributed by atoms with Crippen molar-refractivity contribution >= 4 is 27.7 Å². The number of hydrogen-bond donors (Lipinski definition) is 2. The lowest BCUT2D eigenvalue weighted by molar-refractivity contribution is 0.153. The number of fused-ring (bicyclic) bond motifs is 1. The zero-order valence-corrected chi connectivity index (χ0v) is 22.6. The van der Waals surface area contributed by atoms with Crippen molar-refractivity contribution in [1.29, 1.82) is 5.26 Å². The second-order valence-electron chi connectivity index (χ2n) is 10.2. The summed E-state index contributed by atoms with van der Waals surface area (Å²) in [4.78, 5) is 9.80. The largest absolute Gasteiger partial charge is 0.382 e.